The zero-order valence-corrected chi connectivity index (χ0v) is 25.6. The van der Waals surface area contributed by atoms with E-state index in [0.29, 0.717) is 0 Å². The minimum atomic E-state index is -2.07. The van der Waals surface area contributed by atoms with Crippen molar-refractivity contribution in [1.29, 1.82) is 0 Å². The quantitative estimate of drug-likeness (QED) is 0.252. The Morgan fingerprint density at radius 1 is 0.519 bits per heavy atom. The van der Waals surface area contributed by atoms with Gasteiger partial charge in [-0.1, -0.05) is 39.3 Å². The van der Waals surface area contributed by atoms with Crippen LogP contribution >= 0.6 is 0 Å². The lowest BCUT2D eigenvalue weighted by Gasteiger charge is -2.39. The Morgan fingerprint density at radius 3 is 1.07 bits per heavy atom. The summed E-state index contributed by atoms with van der Waals surface area (Å²) >= 11 is 0. The molecule has 0 aromatic carbocycles. The predicted octanol–water partition coefficient (Wildman–Crippen LogP) is 5.76. The molecule has 0 radical (unpaired) electrons. The lowest BCUT2D eigenvalue weighted by atomic mass is 10.5. The van der Waals surface area contributed by atoms with Crippen LogP contribution in [0.4, 0.5) is 0 Å². The van der Waals surface area contributed by atoms with Crippen molar-refractivity contribution in [2.24, 2.45) is 0 Å². The molecule has 0 saturated carbocycles. The van der Waals surface area contributed by atoms with Gasteiger partial charge in [0.1, 0.15) is 16.5 Å². The monoisotopic (exact) mass is 466 g/mol. The minimum Gasteiger partial charge on any atom is -0.437 e. The second-order valence-electron chi connectivity index (χ2n) is 11.7. The van der Waals surface area contributed by atoms with Crippen LogP contribution in [0, 0.1) is 0 Å². The molecule has 0 rings (SSSR count). The van der Waals surface area contributed by atoms with Crippen molar-refractivity contribution in [1.82, 2.24) is 9.96 Å². The van der Waals surface area contributed by atoms with Gasteiger partial charge in [-0.2, -0.15) is 0 Å². The molecule has 0 aliphatic heterocycles. The van der Waals surface area contributed by atoms with Crippen molar-refractivity contribution in [3.63, 3.8) is 0 Å². The third-order valence-electron chi connectivity index (χ3n) is 4.27. The average Bonchev–Trinajstić information content (AvgIpc) is 2.35. The highest BCUT2D eigenvalue weighted by atomic mass is 28.5. The second kappa shape index (κ2) is 10.8. The molecule has 0 atom stereocenters. The van der Waals surface area contributed by atoms with E-state index < -0.39 is 41.7 Å². The first kappa shape index (κ1) is 27.9. The van der Waals surface area contributed by atoms with Gasteiger partial charge in [-0.3, -0.25) is 0 Å². The lowest BCUT2D eigenvalue weighted by Crippen LogP contribution is -2.52. The molecule has 27 heavy (non-hydrogen) atoms. The van der Waals surface area contributed by atoms with E-state index in [1.165, 1.54) is 24.9 Å². The second-order valence-corrected chi connectivity index (χ2v) is 33.9. The molecule has 0 aliphatic rings. The van der Waals surface area contributed by atoms with E-state index in [1.807, 2.05) is 0 Å². The van der Waals surface area contributed by atoms with Crippen LogP contribution in [0.5, 0.6) is 0 Å². The summed E-state index contributed by atoms with van der Waals surface area (Å²) in [6.45, 7) is 30.4. The average molecular weight is 467 g/mol. The van der Waals surface area contributed by atoms with E-state index in [0.717, 1.165) is 13.1 Å². The largest absolute Gasteiger partial charge is 0.437 e. The van der Waals surface area contributed by atoms with Gasteiger partial charge in [-0.15, -0.1) is 0 Å². The normalized spacial score (nSPS) is 14.7. The molecule has 9 heteroatoms. The Kier molecular flexibility index (Phi) is 11.2. The molecule has 0 unspecified atom stereocenters. The third kappa shape index (κ3) is 17.5. The van der Waals surface area contributed by atoms with E-state index in [-0.39, 0.29) is 0 Å². The molecule has 2 N–H and O–H groups in total. The van der Waals surface area contributed by atoms with E-state index in [4.69, 9.17) is 8.23 Å². The van der Waals surface area contributed by atoms with Crippen LogP contribution in [0.3, 0.4) is 0 Å². The zero-order valence-electron chi connectivity index (χ0n) is 20.6. The summed E-state index contributed by atoms with van der Waals surface area (Å²) in [5.41, 5.74) is 0. The van der Waals surface area contributed by atoms with Gasteiger partial charge in [0.15, 0.2) is 16.6 Å². The zero-order chi connectivity index (χ0) is 21.6. The molecule has 164 valence electrons. The maximum atomic E-state index is 6.72. The fourth-order valence-electron chi connectivity index (χ4n) is 3.41. The van der Waals surface area contributed by atoms with Crippen LogP contribution in [-0.2, 0) is 8.23 Å². The number of hydrogen-bond acceptors (Lipinski definition) is 4. The summed E-state index contributed by atoms with van der Waals surface area (Å²) in [6, 6.07) is 2.43. The van der Waals surface area contributed by atoms with Gasteiger partial charge in [0.2, 0.25) is 0 Å². The SMILES string of the molecule is C[Si](C)(C)NCCC[Si](C)(C)O[Si](C)(C)O[Si](C)(C)CCCN[Si](C)(C)C. The molecule has 4 nitrogen and oxygen atoms in total. The van der Waals surface area contributed by atoms with Crippen molar-refractivity contribution < 1.29 is 8.23 Å². The summed E-state index contributed by atoms with van der Waals surface area (Å²) in [7, 11) is -7.71. The molecule has 0 aliphatic carbocycles. The summed E-state index contributed by atoms with van der Waals surface area (Å²) < 4.78 is 13.4. The molecular formula is C18H50N2O2Si5. The van der Waals surface area contributed by atoms with E-state index in [9.17, 15) is 0 Å². The van der Waals surface area contributed by atoms with Crippen molar-refractivity contribution in [3.8, 4) is 0 Å². The van der Waals surface area contributed by atoms with Gasteiger partial charge < -0.3 is 18.2 Å². The maximum absolute atomic E-state index is 6.72. The highest BCUT2D eigenvalue weighted by molar-refractivity contribution is 6.87. The topological polar surface area (TPSA) is 42.5 Å². The van der Waals surface area contributed by atoms with Gasteiger partial charge in [0, 0.05) is 0 Å². The van der Waals surface area contributed by atoms with Gasteiger partial charge in [-0.25, -0.2) is 0 Å². The molecule has 0 amide bonds. The molecule has 0 fully saturated rings. The van der Waals surface area contributed by atoms with Gasteiger partial charge >= 0.3 is 8.56 Å². The summed E-state index contributed by atoms with van der Waals surface area (Å²) in [4.78, 5) is 7.45. The Labute approximate surface area is 176 Å². The highest BCUT2D eigenvalue weighted by Gasteiger charge is 2.39. The summed E-state index contributed by atoms with van der Waals surface area (Å²) in [6.07, 6.45) is 2.44. The lowest BCUT2D eigenvalue weighted by molar-refractivity contribution is 0.386. The fraction of sp³-hybridized carbons (Fsp3) is 1.00. The molecule has 0 aromatic rings. The van der Waals surface area contributed by atoms with Crippen LogP contribution in [-0.4, -0.2) is 54.8 Å². The van der Waals surface area contributed by atoms with Crippen LogP contribution in [0.1, 0.15) is 12.8 Å². The summed E-state index contributed by atoms with van der Waals surface area (Å²) in [5, 5.41) is 0. The Balaban J connectivity index is 4.40. The first-order valence-electron chi connectivity index (χ1n) is 10.7. The van der Waals surface area contributed by atoms with Crippen LogP contribution in [0.2, 0.25) is 90.7 Å². The van der Waals surface area contributed by atoms with Crippen molar-refractivity contribution in [2.45, 2.75) is 103 Å². The molecule has 0 spiro atoms. The van der Waals surface area contributed by atoms with Crippen molar-refractivity contribution in [3.05, 3.63) is 0 Å². The van der Waals surface area contributed by atoms with Crippen LogP contribution < -0.4 is 9.96 Å². The number of nitrogens with one attached hydrogen (secondary N) is 2. The molecular weight excluding hydrogens is 417 g/mol. The van der Waals surface area contributed by atoms with Gasteiger partial charge in [0.25, 0.3) is 0 Å². The Bertz CT molecular complexity index is 394. The third-order valence-corrected chi connectivity index (χ3v) is 18.4. The van der Waals surface area contributed by atoms with E-state index >= 15 is 0 Å². The minimum absolute atomic E-state index is 1.13. The van der Waals surface area contributed by atoms with Crippen molar-refractivity contribution in [2.75, 3.05) is 13.1 Å². The fourth-order valence-corrected chi connectivity index (χ4v) is 19.3. The standard InChI is InChI=1S/C18H50N2O2Si5/c1-23(2,3)19-15-13-17-25(7,8)21-27(11,12)22-26(9,10)18-14-16-20-24(4,5)6/h19-20H,13-18H2,1-12H3. The highest BCUT2D eigenvalue weighted by Crippen LogP contribution is 2.26. The Morgan fingerprint density at radius 2 is 0.815 bits per heavy atom. The van der Waals surface area contributed by atoms with E-state index in [1.54, 1.807) is 0 Å². The van der Waals surface area contributed by atoms with Gasteiger partial charge in [-0.05, 0) is 77.3 Å². The van der Waals surface area contributed by atoms with Gasteiger partial charge in [0.05, 0.1) is 0 Å². The molecule has 0 aromatic heterocycles. The molecule has 0 saturated heterocycles. The van der Waals surface area contributed by atoms with Crippen LogP contribution in [0.25, 0.3) is 0 Å². The molecule has 0 heterocycles. The predicted molar refractivity (Wildman–Crippen MR) is 136 cm³/mol. The first-order chi connectivity index (χ1) is 11.8. The van der Waals surface area contributed by atoms with Crippen LogP contribution in [0.15, 0.2) is 0 Å². The first-order valence-corrected chi connectivity index (χ1v) is 26.8. The maximum Gasteiger partial charge on any atom is 0.311 e. The Hall–Kier alpha value is 0.924. The smallest absolute Gasteiger partial charge is 0.311 e. The summed E-state index contributed by atoms with van der Waals surface area (Å²) in [5.74, 6) is 0. The number of rotatable bonds is 14. The van der Waals surface area contributed by atoms with E-state index in [2.05, 4.69) is 88.5 Å². The number of hydrogen-bond donors (Lipinski definition) is 2. The van der Waals surface area contributed by atoms with Crippen molar-refractivity contribution >= 4 is 41.7 Å². The molecule has 0 bridgehead atoms.